The van der Waals surface area contributed by atoms with Gasteiger partial charge in [-0.25, -0.2) is 13.6 Å². The van der Waals surface area contributed by atoms with Crippen LogP contribution in [0.25, 0.3) is 10.8 Å². The first-order valence-electron chi connectivity index (χ1n) is 12.1. The van der Waals surface area contributed by atoms with Crippen molar-refractivity contribution in [2.45, 2.75) is 38.2 Å². The first-order valence-corrected chi connectivity index (χ1v) is 12.1. The highest BCUT2D eigenvalue weighted by atomic mass is 19.1. The van der Waals surface area contributed by atoms with Gasteiger partial charge < -0.3 is 14.7 Å². The third-order valence-electron chi connectivity index (χ3n) is 6.85. The van der Waals surface area contributed by atoms with Gasteiger partial charge in [0, 0.05) is 11.8 Å². The number of rotatable bonds is 7. The minimum Gasteiger partial charge on any atom is -0.486 e. The van der Waals surface area contributed by atoms with Gasteiger partial charge in [0.25, 0.3) is 0 Å². The fourth-order valence-electron chi connectivity index (χ4n) is 5.06. The summed E-state index contributed by atoms with van der Waals surface area (Å²) in [4.78, 5) is 13.3. The van der Waals surface area contributed by atoms with Crippen molar-refractivity contribution < 1.29 is 23.4 Å². The van der Waals surface area contributed by atoms with Crippen LogP contribution < -0.4 is 9.64 Å². The maximum absolute atomic E-state index is 14.3. The first-order chi connectivity index (χ1) is 17.4. The van der Waals surface area contributed by atoms with E-state index in [1.807, 2.05) is 11.0 Å². The number of ether oxygens (including phenoxy) is 1. The smallest absolute Gasteiger partial charge is 0.335 e. The number of aromatic carboxylic acids is 1. The highest BCUT2D eigenvalue weighted by Crippen LogP contribution is 2.40. The van der Waals surface area contributed by atoms with Crippen molar-refractivity contribution >= 4 is 28.1 Å². The molecule has 0 aliphatic carbocycles. The van der Waals surface area contributed by atoms with Gasteiger partial charge in [0.2, 0.25) is 0 Å². The summed E-state index contributed by atoms with van der Waals surface area (Å²) in [6, 6.07) is 22.7. The average Bonchev–Trinajstić information content (AvgIpc) is 2.87. The van der Waals surface area contributed by atoms with Gasteiger partial charge in [0.1, 0.15) is 23.5 Å². The predicted octanol–water partition coefficient (Wildman–Crippen LogP) is 7.69. The molecule has 0 spiro atoms. The summed E-state index contributed by atoms with van der Waals surface area (Å²) in [7, 11) is 0. The van der Waals surface area contributed by atoms with Crippen molar-refractivity contribution in [3.8, 4) is 5.75 Å². The van der Waals surface area contributed by atoms with Gasteiger partial charge in [-0.3, -0.25) is 0 Å². The van der Waals surface area contributed by atoms with Gasteiger partial charge in [0.05, 0.1) is 17.8 Å². The summed E-state index contributed by atoms with van der Waals surface area (Å²) in [6.07, 6.45) is 2.31. The van der Waals surface area contributed by atoms with E-state index in [9.17, 15) is 18.7 Å². The van der Waals surface area contributed by atoms with Gasteiger partial charge in [-0.2, -0.15) is 0 Å². The number of hydrogen-bond donors (Lipinski definition) is 1. The molecule has 1 heterocycles. The van der Waals surface area contributed by atoms with Crippen molar-refractivity contribution in [3.63, 3.8) is 0 Å². The molecule has 1 unspecified atom stereocenters. The lowest BCUT2D eigenvalue weighted by Gasteiger charge is -2.36. The molecule has 6 heteroatoms. The van der Waals surface area contributed by atoms with Crippen LogP contribution in [0.15, 0.2) is 78.9 Å². The zero-order chi connectivity index (χ0) is 25.2. The Kier molecular flexibility index (Phi) is 6.59. The van der Waals surface area contributed by atoms with E-state index in [2.05, 4.69) is 43.3 Å². The Balaban J connectivity index is 1.34. The first kappa shape index (κ1) is 23.8. The van der Waals surface area contributed by atoms with E-state index in [0.29, 0.717) is 29.6 Å². The molecule has 4 aromatic carbocycles. The van der Waals surface area contributed by atoms with Gasteiger partial charge in [0.15, 0.2) is 0 Å². The Bertz CT molecular complexity index is 1420. The Hall–Kier alpha value is -3.93. The lowest BCUT2D eigenvalue weighted by atomic mass is 9.90. The van der Waals surface area contributed by atoms with E-state index in [-0.39, 0.29) is 11.7 Å². The highest BCUT2D eigenvalue weighted by Gasteiger charge is 2.28. The predicted molar refractivity (Wildman–Crippen MR) is 137 cm³/mol. The van der Waals surface area contributed by atoms with Gasteiger partial charge in [-0.1, -0.05) is 49.4 Å². The quantitative estimate of drug-likeness (QED) is 0.290. The largest absolute Gasteiger partial charge is 0.486 e. The zero-order valence-corrected chi connectivity index (χ0v) is 20.0. The van der Waals surface area contributed by atoms with Crippen LogP contribution in [-0.4, -0.2) is 23.7 Å². The minimum atomic E-state index is -1.21. The normalized spacial score (nSPS) is 15.9. The van der Waals surface area contributed by atoms with E-state index >= 15 is 0 Å². The maximum Gasteiger partial charge on any atom is 0.335 e. The third-order valence-corrected chi connectivity index (χ3v) is 6.85. The molecule has 0 saturated carbocycles. The van der Waals surface area contributed by atoms with Gasteiger partial charge >= 0.3 is 5.97 Å². The topological polar surface area (TPSA) is 49.8 Å². The molecular weight excluding hydrogens is 460 g/mol. The number of nitrogens with zero attached hydrogens (tertiary/aromatic N) is 1. The Morgan fingerprint density at radius 1 is 1.03 bits per heavy atom. The van der Waals surface area contributed by atoms with Crippen LogP contribution in [0.5, 0.6) is 5.75 Å². The van der Waals surface area contributed by atoms with E-state index in [0.717, 1.165) is 25.3 Å². The molecule has 0 aromatic heterocycles. The number of carbonyl (C=O) groups is 1. The zero-order valence-electron chi connectivity index (χ0n) is 20.0. The number of carboxylic acids is 1. The molecule has 0 bridgehead atoms. The fourth-order valence-corrected chi connectivity index (χ4v) is 5.06. The molecule has 0 saturated heterocycles. The van der Waals surface area contributed by atoms with Crippen LogP contribution in [0.1, 0.15) is 48.0 Å². The fraction of sp³-hybridized carbons (Fsp3) is 0.233. The second-order valence-electron chi connectivity index (χ2n) is 9.37. The lowest BCUT2D eigenvalue weighted by Crippen LogP contribution is -2.37. The van der Waals surface area contributed by atoms with E-state index in [4.69, 9.17) is 4.74 Å². The molecule has 0 amide bonds. The second-order valence-corrected chi connectivity index (χ2v) is 9.37. The molecule has 4 nitrogen and oxygen atoms in total. The van der Waals surface area contributed by atoms with Crippen LogP contribution in [0, 0.1) is 11.6 Å². The number of anilines is 2. The second kappa shape index (κ2) is 9.97. The molecule has 1 aliphatic rings. The minimum absolute atomic E-state index is 0.138. The van der Waals surface area contributed by atoms with Crippen molar-refractivity contribution in [3.05, 3.63) is 102 Å². The summed E-state index contributed by atoms with van der Waals surface area (Å²) in [5, 5.41) is 11.9. The summed E-state index contributed by atoms with van der Waals surface area (Å²) in [6.45, 7) is 2.63. The summed E-state index contributed by atoms with van der Waals surface area (Å²) in [5.74, 6) is -1.55. The van der Waals surface area contributed by atoms with E-state index in [1.165, 1.54) is 40.6 Å². The Morgan fingerprint density at radius 2 is 1.83 bits per heavy atom. The van der Waals surface area contributed by atoms with E-state index in [1.54, 1.807) is 6.07 Å². The summed E-state index contributed by atoms with van der Waals surface area (Å²) in [5.41, 5.74) is 2.16. The van der Waals surface area contributed by atoms with Crippen LogP contribution in [0.3, 0.4) is 0 Å². The molecule has 4 aromatic rings. The average molecular weight is 488 g/mol. The Morgan fingerprint density at radius 3 is 2.67 bits per heavy atom. The van der Waals surface area contributed by atoms with Crippen LogP contribution in [0.4, 0.5) is 20.2 Å². The molecule has 1 aliphatic heterocycles. The summed E-state index contributed by atoms with van der Waals surface area (Å²) < 4.78 is 34.4. The molecule has 0 fully saturated rings. The number of fused-ring (bicyclic) bond motifs is 2. The highest BCUT2D eigenvalue weighted by molar-refractivity contribution is 5.89. The van der Waals surface area contributed by atoms with Crippen molar-refractivity contribution in [1.29, 1.82) is 0 Å². The summed E-state index contributed by atoms with van der Waals surface area (Å²) >= 11 is 0. The maximum atomic E-state index is 14.3. The Labute approximate surface area is 208 Å². The number of carboxylic acid groups (broad SMARTS) is 1. The molecule has 1 N–H and O–H groups in total. The number of halogens is 2. The SMILES string of the molecule is C[C@@H](CCCC1CN(c2cc(F)cc(C(=O)O)c2)c2ccc(F)cc2O1)c1cccc2ccccc12. The molecule has 2 atom stereocenters. The van der Waals surface area contributed by atoms with Crippen molar-refractivity contribution in [2.24, 2.45) is 0 Å². The lowest BCUT2D eigenvalue weighted by molar-refractivity contribution is 0.0696. The molecule has 0 radical (unpaired) electrons. The third kappa shape index (κ3) is 4.89. The van der Waals surface area contributed by atoms with Gasteiger partial charge in [-0.15, -0.1) is 0 Å². The van der Waals surface area contributed by atoms with Crippen LogP contribution >= 0.6 is 0 Å². The number of hydrogen-bond acceptors (Lipinski definition) is 3. The van der Waals surface area contributed by atoms with Crippen LogP contribution in [-0.2, 0) is 0 Å². The monoisotopic (exact) mass is 487 g/mol. The molecule has 184 valence electrons. The van der Waals surface area contributed by atoms with Crippen molar-refractivity contribution in [1.82, 2.24) is 0 Å². The van der Waals surface area contributed by atoms with E-state index < -0.39 is 17.6 Å². The molecule has 5 rings (SSSR count). The van der Waals surface area contributed by atoms with Gasteiger partial charge in [-0.05, 0) is 71.8 Å². The van der Waals surface area contributed by atoms with Crippen LogP contribution in [0.2, 0.25) is 0 Å². The number of benzene rings is 4. The standard InChI is InChI=1S/C30H27F2NO3/c1-19(26-11-5-8-20-7-2-3-10-27(20)26)6-4-9-25-18-33(28-13-12-22(31)17-29(28)36-25)24-15-21(30(34)35)14-23(32)16-24/h2-3,5,7-8,10-17,19,25H,4,6,9,18H2,1H3,(H,34,35)/t19-,25?/m0/s1. The molecule has 36 heavy (non-hydrogen) atoms. The van der Waals surface area contributed by atoms with Crippen molar-refractivity contribution in [2.75, 3.05) is 11.4 Å². The molecular formula is C30H27F2NO3.